The van der Waals surface area contributed by atoms with Crippen molar-refractivity contribution in [2.75, 3.05) is 26.4 Å². The van der Waals surface area contributed by atoms with E-state index in [0.717, 1.165) is 32.8 Å². The lowest BCUT2D eigenvalue weighted by atomic mass is 10.2. The van der Waals surface area contributed by atoms with Gasteiger partial charge in [-0.25, -0.2) is 0 Å². The van der Waals surface area contributed by atoms with Gasteiger partial charge in [0.2, 0.25) is 0 Å². The van der Waals surface area contributed by atoms with Gasteiger partial charge in [0, 0.05) is 19.2 Å². The summed E-state index contributed by atoms with van der Waals surface area (Å²) in [4.78, 5) is 0. The molecule has 0 spiro atoms. The van der Waals surface area contributed by atoms with Crippen molar-refractivity contribution in [1.82, 2.24) is 5.32 Å². The van der Waals surface area contributed by atoms with Crippen LogP contribution in [0.2, 0.25) is 0 Å². The average molecular weight is 173 g/mol. The highest BCUT2D eigenvalue weighted by Crippen LogP contribution is 2.08. The van der Waals surface area contributed by atoms with Crippen molar-refractivity contribution < 1.29 is 9.47 Å². The van der Waals surface area contributed by atoms with E-state index >= 15 is 0 Å². The number of ether oxygens (including phenoxy) is 2. The number of hydrogen-bond donors (Lipinski definition) is 1. The van der Waals surface area contributed by atoms with Crippen molar-refractivity contribution in [3.05, 3.63) is 0 Å². The predicted molar refractivity (Wildman–Crippen MR) is 48.3 cm³/mol. The third-order valence-corrected chi connectivity index (χ3v) is 2.10. The second-order valence-electron chi connectivity index (χ2n) is 3.23. The number of nitrogens with one attached hydrogen (secondary N) is 1. The molecule has 72 valence electrons. The SMILES string of the molecule is CCOCCO[C@H]1CN[C@@H](C)C1. The Morgan fingerprint density at radius 1 is 1.42 bits per heavy atom. The molecule has 0 aliphatic carbocycles. The Kier molecular flexibility index (Phi) is 4.58. The lowest BCUT2D eigenvalue weighted by Crippen LogP contribution is -2.20. The highest BCUT2D eigenvalue weighted by atomic mass is 16.5. The largest absolute Gasteiger partial charge is 0.379 e. The fourth-order valence-electron chi connectivity index (χ4n) is 1.44. The van der Waals surface area contributed by atoms with Crippen LogP contribution < -0.4 is 5.32 Å². The van der Waals surface area contributed by atoms with Crippen LogP contribution >= 0.6 is 0 Å². The third-order valence-electron chi connectivity index (χ3n) is 2.10. The molecular formula is C9H19NO2. The first-order chi connectivity index (χ1) is 5.83. The quantitative estimate of drug-likeness (QED) is 0.623. The molecule has 1 heterocycles. The van der Waals surface area contributed by atoms with Gasteiger partial charge in [0.15, 0.2) is 0 Å². The third kappa shape index (κ3) is 3.52. The Balaban J connectivity index is 1.93. The van der Waals surface area contributed by atoms with E-state index in [1.807, 2.05) is 6.92 Å². The summed E-state index contributed by atoms with van der Waals surface area (Å²) in [6.45, 7) is 7.41. The minimum Gasteiger partial charge on any atom is -0.379 e. The summed E-state index contributed by atoms with van der Waals surface area (Å²) in [6, 6.07) is 0.613. The summed E-state index contributed by atoms with van der Waals surface area (Å²) in [6.07, 6.45) is 1.53. The molecule has 0 bridgehead atoms. The molecule has 3 heteroatoms. The average Bonchev–Trinajstić information content (AvgIpc) is 2.45. The Labute approximate surface area is 74.4 Å². The van der Waals surface area contributed by atoms with Gasteiger partial charge in [-0.15, -0.1) is 0 Å². The molecule has 0 aromatic carbocycles. The van der Waals surface area contributed by atoms with Gasteiger partial charge < -0.3 is 14.8 Å². The molecule has 0 saturated carbocycles. The van der Waals surface area contributed by atoms with Crippen molar-refractivity contribution in [3.8, 4) is 0 Å². The summed E-state index contributed by atoms with van der Waals surface area (Å²) >= 11 is 0. The molecule has 0 radical (unpaired) electrons. The number of rotatable bonds is 5. The molecule has 0 amide bonds. The molecule has 2 atom stereocenters. The van der Waals surface area contributed by atoms with E-state index in [-0.39, 0.29) is 0 Å². The number of hydrogen-bond acceptors (Lipinski definition) is 3. The van der Waals surface area contributed by atoms with E-state index in [9.17, 15) is 0 Å². The molecule has 1 saturated heterocycles. The maximum atomic E-state index is 5.59. The minimum atomic E-state index is 0.403. The van der Waals surface area contributed by atoms with Gasteiger partial charge in [-0.05, 0) is 20.3 Å². The van der Waals surface area contributed by atoms with E-state index < -0.39 is 0 Å². The van der Waals surface area contributed by atoms with E-state index in [1.54, 1.807) is 0 Å². The van der Waals surface area contributed by atoms with Crippen molar-refractivity contribution in [2.45, 2.75) is 32.4 Å². The van der Waals surface area contributed by atoms with E-state index in [2.05, 4.69) is 12.2 Å². The Morgan fingerprint density at radius 3 is 2.83 bits per heavy atom. The Hall–Kier alpha value is -0.120. The van der Waals surface area contributed by atoms with Gasteiger partial charge in [0.1, 0.15) is 0 Å². The molecule has 1 aliphatic heterocycles. The second-order valence-corrected chi connectivity index (χ2v) is 3.23. The standard InChI is InChI=1S/C9H19NO2/c1-3-11-4-5-12-9-6-8(2)10-7-9/h8-10H,3-7H2,1-2H3/t8-,9+/m0/s1. The van der Waals surface area contributed by atoms with Crippen LogP contribution in [-0.4, -0.2) is 38.5 Å². The lowest BCUT2D eigenvalue weighted by molar-refractivity contribution is 0.0154. The zero-order valence-corrected chi connectivity index (χ0v) is 8.01. The lowest BCUT2D eigenvalue weighted by Gasteiger charge is -2.09. The van der Waals surface area contributed by atoms with Crippen LogP contribution in [0.1, 0.15) is 20.3 Å². The summed E-state index contributed by atoms with van der Waals surface area (Å²) in [5.74, 6) is 0. The topological polar surface area (TPSA) is 30.5 Å². The molecule has 0 unspecified atom stereocenters. The highest BCUT2D eigenvalue weighted by molar-refractivity contribution is 4.78. The monoisotopic (exact) mass is 173 g/mol. The first-order valence-corrected chi connectivity index (χ1v) is 4.75. The minimum absolute atomic E-state index is 0.403. The van der Waals surface area contributed by atoms with Crippen LogP contribution in [0.25, 0.3) is 0 Å². The van der Waals surface area contributed by atoms with Crippen LogP contribution in [0.5, 0.6) is 0 Å². The second kappa shape index (κ2) is 5.51. The van der Waals surface area contributed by atoms with Crippen molar-refractivity contribution in [2.24, 2.45) is 0 Å². The van der Waals surface area contributed by atoms with Crippen LogP contribution in [0.4, 0.5) is 0 Å². The molecule has 12 heavy (non-hydrogen) atoms. The predicted octanol–water partition coefficient (Wildman–Crippen LogP) is 0.790. The maximum absolute atomic E-state index is 5.59. The summed E-state index contributed by atoms with van der Waals surface area (Å²) in [7, 11) is 0. The zero-order chi connectivity index (χ0) is 8.81. The van der Waals surface area contributed by atoms with Gasteiger partial charge in [-0.1, -0.05) is 0 Å². The first kappa shape index (κ1) is 9.96. The van der Waals surface area contributed by atoms with E-state index in [1.165, 1.54) is 0 Å². The molecule has 1 rings (SSSR count). The molecule has 0 aromatic rings. The fraction of sp³-hybridized carbons (Fsp3) is 1.00. The highest BCUT2D eigenvalue weighted by Gasteiger charge is 2.20. The normalized spacial score (nSPS) is 29.5. The summed E-state index contributed by atoms with van der Waals surface area (Å²) in [5, 5.41) is 3.34. The van der Waals surface area contributed by atoms with Crippen LogP contribution in [0, 0.1) is 0 Å². The van der Waals surface area contributed by atoms with Crippen molar-refractivity contribution in [1.29, 1.82) is 0 Å². The Bertz CT molecular complexity index is 119. The summed E-state index contributed by atoms with van der Waals surface area (Å²) in [5.41, 5.74) is 0. The Morgan fingerprint density at radius 2 is 2.25 bits per heavy atom. The van der Waals surface area contributed by atoms with Gasteiger partial charge in [0.05, 0.1) is 19.3 Å². The zero-order valence-electron chi connectivity index (χ0n) is 8.01. The van der Waals surface area contributed by atoms with Gasteiger partial charge >= 0.3 is 0 Å². The van der Waals surface area contributed by atoms with Gasteiger partial charge in [-0.3, -0.25) is 0 Å². The van der Waals surface area contributed by atoms with Gasteiger partial charge in [-0.2, -0.15) is 0 Å². The first-order valence-electron chi connectivity index (χ1n) is 4.75. The van der Waals surface area contributed by atoms with Crippen molar-refractivity contribution >= 4 is 0 Å². The fourth-order valence-corrected chi connectivity index (χ4v) is 1.44. The molecule has 1 N–H and O–H groups in total. The van der Waals surface area contributed by atoms with Crippen LogP contribution in [0.15, 0.2) is 0 Å². The molecular weight excluding hydrogens is 154 g/mol. The smallest absolute Gasteiger partial charge is 0.0715 e. The van der Waals surface area contributed by atoms with Crippen LogP contribution in [-0.2, 0) is 9.47 Å². The molecule has 1 fully saturated rings. The molecule has 0 aromatic heterocycles. The molecule has 1 aliphatic rings. The van der Waals surface area contributed by atoms with Gasteiger partial charge in [0.25, 0.3) is 0 Å². The summed E-state index contributed by atoms with van der Waals surface area (Å²) < 4.78 is 10.8. The van der Waals surface area contributed by atoms with E-state index in [0.29, 0.717) is 12.1 Å². The maximum Gasteiger partial charge on any atom is 0.0715 e. The van der Waals surface area contributed by atoms with Crippen molar-refractivity contribution in [3.63, 3.8) is 0 Å². The van der Waals surface area contributed by atoms with Crippen LogP contribution in [0.3, 0.4) is 0 Å². The molecule has 3 nitrogen and oxygen atoms in total. The van der Waals surface area contributed by atoms with E-state index in [4.69, 9.17) is 9.47 Å².